The summed E-state index contributed by atoms with van der Waals surface area (Å²) in [5, 5.41) is 11.2. The van der Waals surface area contributed by atoms with E-state index in [4.69, 9.17) is 16.7 Å². The van der Waals surface area contributed by atoms with Crippen LogP contribution in [0, 0.1) is 11.6 Å². The number of benzene rings is 2. The lowest BCUT2D eigenvalue weighted by Crippen LogP contribution is -2.13. The van der Waals surface area contributed by atoms with Gasteiger partial charge in [-0.2, -0.15) is 0 Å². The molecule has 2 aromatic rings. The molecule has 4 rings (SSSR count). The van der Waals surface area contributed by atoms with Gasteiger partial charge in [-0.25, -0.2) is 8.78 Å². The Balaban J connectivity index is 0.000000391. The molecular formula is C24H26ClF2NO2S. The van der Waals surface area contributed by atoms with Crippen molar-refractivity contribution in [1.82, 2.24) is 0 Å². The molecule has 2 aliphatic carbocycles. The van der Waals surface area contributed by atoms with Gasteiger partial charge in [0.15, 0.2) is 0 Å². The molecule has 2 saturated carbocycles. The Kier molecular flexibility index (Phi) is 8.79. The second-order valence-corrected chi connectivity index (χ2v) is 9.50. The Morgan fingerprint density at radius 2 is 1.74 bits per heavy atom. The highest BCUT2D eigenvalue weighted by Gasteiger charge is 2.18. The first-order chi connectivity index (χ1) is 15.0. The number of anilines is 1. The summed E-state index contributed by atoms with van der Waals surface area (Å²) in [5.74, 6) is -1.24. The number of aliphatic hydroxyl groups is 1. The van der Waals surface area contributed by atoms with E-state index < -0.39 is 5.82 Å². The molecule has 2 fully saturated rings. The molecule has 2 aromatic carbocycles. The molecule has 0 atom stereocenters. The third-order valence-electron chi connectivity index (χ3n) is 5.40. The third-order valence-corrected chi connectivity index (χ3v) is 7.06. The molecule has 0 heterocycles. The van der Waals surface area contributed by atoms with Crippen LogP contribution in [0.4, 0.5) is 14.5 Å². The van der Waals surface area contributed by atoms with E-state index in [0.717, 1.165) is 25.7 Å². The topological polar surface area (TPSA) is 49.3 Å². The molecule has 0 saturated heterocycles. The minimum atomic E-state index is -0.549. The molecule has 0 aromatic heterocycles. The lowest BCUT2D eigenvalue weighted by Gasteiger charge is -2.21. The largest absolute Gasteiger partial charge is 0.516 e. The summed E-state index contributed by atoms with van der Waals surface area (Å²) >= 11 is 7.23. The predicted octanol–water partition coefficient (Wildman–Crippen LogP) is 7.91. The zero-order valence-corrected chi connectivity index (χ0v) is 18.7. The second kappa shape index (κ2) is 11.5. The van der Waals surface area contributed by atoms with Gasteiger partial charge in [-0.15, -0.1) is 11.8 Å². The van der Waals surface area contributed by atoms with Gasteiger partial charge in [0.2, 0.25) is 0 Å². The average Bonchev–Trinajstić information content (AvgIpc) is 2.73. The Labute approximate surface area is 190 Å². The lowest BCUT2D eigenvalue weighted by atomic mass is 9.94. The van der Waals surface area contributed by atoms with Crippen LogP contribution in [-0.4, -0.2) is 16.3 Å². The van der Waals surface area contributed by atoms with E-state index in [9.17, 15) is 13.6 Å². The second-order valence-electron chi connectivity index (χ2n) is 7.75. The number of carbonyl (C=O) groups is 1. The van der Waals surface area contributed by atoms with Crippen molar-refractivity contribution in [1.29, 1.82) is 0 Å². The van der Waals surface area contributed by atoms with E-state index in [-0.39, 0.29) is 16.7 Å². The molecule has 166 valence electrons. The van der Waals surface area contributed by atoms with Gasteiger partial charge in [0.05, 0.1) is 11.3 Å². The molecule has 0 aliphatic heterocycles. The van der Waals surface area contributed by atoms with Gasteiger partial charge in [-0.3, -0.25) is 4.79 Å². The number of thioether (sulfide) groups is 1. The van der Waals surface area contributed by atoms with Crippen molar-refractivity contribution in [3.8, 4) is 0 Å². The van der Waals surface area contributed by atoms with Crippen LogP contribution in [0.15, 0.2) is 53.1 Å². The predicted molar refractivity (Wildman–Crippen MR) is 123 cm³/mol. The maximum Gasteiger partial charge on any atom is 0.255 e. The van der Waals surface area contributed by atoms with Gasteiger partial charge in [-0.1, -0.05) is 30.9 Å². The highest BCUT2D eigenvalue weighted by atomic mass is 35.5. The summed E-state index contributed by atoms with van der Waals surface area (Å²) < 4.78 is 27.3. The van der Waals surface area contributed by atoms with E-state index in [2.05, 4.69) is 5.32 Å². The molecule has 31 heavy (non-hydrogen) atoms. The molecule has 1 amide bonds. The van der Waals surface area contributed by atoms with E-state index >= 15 is 0 Å². The molecule has 0 radical (unpaired) electrons. The smallest absolute Gasteiger partial charge is 0.255 e. The van der Waals surface area contributed by atoms with Gasteiger partial charge in [0.25, 0.3) is 5.91 Å². The first kappa shape index (κ1) is 23.6. The molecule has 2 aliphatic rings. The zero-order chi connectivity index (χ0) is 22.2. The van der Waals surface area contributed by atoms with E-state index in [0.29, 0.717) is 21.4 Å². The minimum absolute atomic E-state index is 0.0644. The van der Waals surface area contributed by atoms with Crippen molar-refractivity contribution < 1.29 is 18.7 Å². The van der Waals surface area contributed by atoms with Crippen molar-refractivity contribution >= 4 is 35.0 Å². The van der Waals surface area contributed by atoms with E-state index in [1.165, 1.54) is 79.6 Å². The number of halogens is 3. The van der Waals surface area contributed by atoms with E-state index in [1.807, 2.05) is 0 Å². The van der Waals surface area contributed by atoms with Crippen molar-refractivity contribution in [2.45, 2.75) is 61.5 Å². The molecule has 0 spiro atoms. The number of amides is 1. The Bertz CT molecular complexity index is 939. The summed E-state index contributed by atoms with van der Waals surface area (Å²) in [5.41, 5.74) is 1.96. The maximum absolute atomic E-state index is 14.1. The molecule has 3 nitrogen and oxygen atoms in total. The summed E-state index contributed by atoms with van der Waals surface area (Å²) in [6, 6.07) is 8.30. The monoisotopic (exact) mass is 465 g/mol. The molecule has 7 heteroatoms. The standard InChI is InChI=1S/C19H18ClF2NOS.C5H8O/c20-15-11-13(7-9-16(15)21)23-19(24)12-6-8-17(22)18(10-12)25-14-4-2-1-3-5-14;6-4-5-2-1-3-5/h6-11,14H,1-5H2,(H,23,24);4,6H,1-3H2. The van der Waals surface area contributed by atoms with Gasteiger partial charge in [0.1, 0.15) is 11.6 Å². The Hall–Kier alpha value is -2.05. The minimum Gasteiger partial charge on any atom is -0.516 e. The maximum atomic E-state index is 14.1. The fourth-order valence-corrected chi connectivity index (χ4v) is 4.87. The lowest BCUT2D eigenvalue weighted by molar-refractivity contribution is 0.102. The molecule has 2 N–H and O–H groups in total. The van der Waals surface area contributed by atoms with Crippen molar-refractivity contribution in [2.24, 2.45) is 0 Å². The number of carbonyl (C=O) groups excluding carboxylic acids is 1. The SMILES string of the molecule is O=C(Nc1ccc(F)c(Cl)c1)c1ccc(F)c(SC2CCCCC2)c1.OC=C1CCC1. The van der Waals surface area contributed by atoms with Crippen molar-refractivity contribution in [3.63, 3.8) is 0 Å². The van der Waals surface area contributed by atoms with Gasteiger partial charge < -0.3 is 10.4 Å². The van der Waals surface area contributed by atoms with Gasteiger partial charge in [0, 0.05) is 21.4 Å². The number of nitrogens with one attached hydrogen (secondary N) is 1. The number of rotatable bonds is 4. The first-order valence-corrected chi connectivity index (χ1v) is 11.8. The highest BCUT2D eigenvalue weighted by Crippen LogP contribution is 2.35. The quantitative estimate of drug-likeness (QED) is 0.451. The summed E-state index contributed by atoms with van der Waals surface area (Å²) in [7, 11) is 0. The van der Waals surface area contributed by atoms with Crippen LogP contribution < -0.4 is 5.32 Å². The van der Waals surface area contributed by atoms with Gasteiger partial charge in [-0.05, 0) is 74.1 Å². The summed E-state index contributed by atoms with van der Waals surface area (Å²) in [4.78, 5) is 12.9. The van der Waals surface area contributed by atoms with Gasteiger partial charge >= 0.3 is 0 Å². The zero-order valence-electron chi connectivity index (χ0n) is 17.2. The van der Waals surface area contributed by atoms with Crippen LogP contribution in [0.1, 0.15) is 61.7 Å². The molecule has 0 unspecified atom stereocenters. The number of aliphatic hydroxyl groups excluding tert-OH is 1. The van der Waals surface area contributed by atoms with Crippen LogP contribution in [0.3, 0.4) is 0 Å². The van der Waals surface area contributed by atoms with Crippen LogP contribution in [-0.2, 0) is 0 Å². The molecule has 0 bridgehead atoms. The van der Waals surface area contributed by atoms with Crippen molar-refractivity contribution in [2.75, 3.05) is 5.32 Å². The fraction of sp³-hybridized carbons (Fsp3) is 0.375. The first-order valence-electron chi connectivity index (χ1n) is 10.5. The van der Waals surface area contributed by atoms with E-state index in [1.54, 1.807) is 6.07 Å². The van der Waals surface area contributed by atoms with Crippen LogP contribution in [0.25, 0.3) is 0 Å². The normalized spacial score (nSPS) is 16.0. The number of allylic oxidation sites excluding steroid dienone is 1. The van der Waals surface area contributed by atoms with Crippen LogP contribution in [0.2, 0.25) is 5.02 Å². The summed E-state index contributed by atoms with van der Waals surface area (Å²) in [6.45, 7) is 0. The van der Waals surface area contributed by atoms with Crippen LogP contribution in [0.5, 0.6) is 0 Å². The summed E-state index contributed by atoms with van der Waals surface area (Å²) in [6.07, 6.45) is 10.5. The number of hydrogen-bond acceptors (Lipinski definition) is 3. The Morgan fingerprint density at radius 3 is 2.32 bits per heavy atom. The number of hydrogen-bond donors (Lipinski definition) is 2. The fourth-order valence-electron chi connectivity index (χ4n) is 3.38. The molecular weight excluding hydrogens is 440 g/mol. The van der Waals surface area contributed by atoms with Crippen LogP contribution >= 0.6 is 23.4 Å². The average molecular weight is 466 g/mol. The highest BCUT2D eigenvalue weighted by molar-refractivity contribution is 8.00. The van der Waals surface area contributed by atoms with Crippen molar-refractivity contribution in [3.05, 3.63) is 70.5 Å². The third kappa shape index (κ3) is 6.97. The Morgan fingerprint density at radius 1 is 1.03 bits per heavy atom.